The maximum Gasteiger partial charge on any atom is 0.0964 e. The number of methoxy groups -OCH3 is 1. The second-order valence-electron chi connectivity index (χ2n) is 5.43. The molecule has 2 heterocycles. The van der Waals surface area contributed by atoms with Crippen molar-refractivity contribution in [1.29, 1.82) is 0 Å². The van der Waals surface area contributed by atoms with Crippen LogP contribution in [0, 0.1) is 5.41 Å². The highest BCUT2D eigenvalue weighted by atomic mass is 19.1. The van der Waals surface area contributed by atoms with Crippen LogP contribution < -0.4 is 0 Å². The number of halogens is 2. The average Bonchev–Trinajstić information content (AvgIpc) is 2.73. The summed E-state index contributed by atoms with van der Waals surface area (Å²) in [5.41, 5.74) is -0.455. The normalized spacial score (nSPS) is 39.2. The molecule has 2 atom stereocenters. The molecule has 0 aromatic rings. The maximum atomic E-state index is 13.2. The fraction of sp³-hybridized carbons (Fsp3) is 1.00. The first kappa shape index (κ1) is 12.2. The molecule has 0 aliphatic carbocycles. The Kier molecular flexibility index (Phi) is 3.50. The van der Waals surface area contributed by atoms with E-state index in [0.717, 1.165) is 25.8 Å². The summed E-state index contributed by atoms with van der Waals surface area (Å²) in [4.78, 5) is 2.33. The van der Waals surface area contributed by atoms with Gasteiger partial charge in [-0.3, -0.25) is 13.7 Å². The lowest BCUT2D eigenvalue weighted by molar-refractivity contribution is 0.0642. The molecule has 2 nitrogen and oxygen atoms in total. The zero-order chi connectivity index (χ0) is 11.6. The Hall–Kier alpha value is -0.220. The zero-order valence-corrected chi connectivity index (χ0v) is 9.98. The standard InChI is InChI=1S/C12H21F2NO/c1-16-10-12-3-2-6-15(12)9-11(7-12,8-14)4-5-13/h2-10H2,1H3. The molecule has 2 aliphatic rings. The van der Waals surface area contributed by atoms with Gasteiger partial charge in [0.15, 0.2) is 0 Å². The summed E-state index contributed by atoms with van der Waals surface area (Å²) in [7, 11) is 1.69. The lowest BCUT2D eigenvalue weighted by Crippen LogP contribution is -2.42. The Bertz CT molecular complexity index is 251. The second-order valence-corrected chi connectivity index (χ2v) is 5.43. The van der Waals surface area contributed by atoms with E-state index in [1.807, 2.05) is 0 Å². The number of ether oxygens (including phenoxy) is 1. The van der Waals surface area contributed by atoms with Crippen molar-refractivity contribution in [3.8, 4) is 0 Å². The van der Waals surface area contributed by atoms with Crippen molar-refractivity contribution in [2.24, 2.45) is 5.41 Å². The van der Waals surface area contributed by atoms with Gasteiger partial charge in [-0.2, -0.15) is 0 Å². The Morgan fingerprint density at radius 1 is 1.38 bits per heavy atom. The first-order valence-electron chi connectivity index (χ1n) is 6.06. The molecule has 0 amide bonds. The van der Waals surface area contributed by atoms with E-state index in [9.17, 15) is 8.78 Å². The molecule has 94 valence electrons. The van der Waals surface area contributed by atoms with Gasteiger partial charge in [0.05, 0.1) is 20.0 Å². The molecular weight excluding hydrogens is 212 g/mol. The van der Waals surface area contributed by atoms with Crippen molar-refractivity contribution in [3.63, 3.8) is 0 Å². The van der Waals surface area contributed by atoms with Gasteiger partial charge in [-0.1, -0.05) is 0 Å². The molecule has 2 saturated heterocycles. The Morgan fingerprint density at radius 3 is 2.81 bits per heavy atom. The summed E-state index contributed by atoms with van der Waals surface area (Å²) < 4.78 is 31.1. The molecule has 2 unspecified atom stereocenters. The first-order valence-corrected chi connectivity index (χ1v) is 6.06. The molecule has 0 saturated carbocycles. The molecule has 0 N–H and O–H groups in total. The Labute approximate surface area is 95.9 Å². The summed E-state index contributed by atoms with van der Waals surface area (Å²) in [6.07, 6.45) is 3.33. The van der Waals surface area contributed by atoms with Crippen LogP contribution in [0.5, 0.6) is 0 Å². The van der Waals surface area contributed by atoms with Crippen LogP contribution in [0.1, 0.15) is 25.7 Å². The minimum absolute atomic E-state index is 0.00396. The fourth-order valence-corrected chi connectivity index (χ4v) is 3.61. The van der Waals surface area contributed by atoms with Gasteiger partial charge in [0.2, 0.25) is 0 Å². The average molecular weight is 233 g/mol. The van der Waals surface area contributed by atoms with Gasteiger partial charge >= 0.3 is 0 Å². The van der Waals surface area contributed by atoms with Gasteiger partial charge in [0.1, 0.15) is 0 Å². The van der Waals surface area contributed by atoms with Gasteiger partial charge in [-0.15, -0.1) is 0 Å². The third-order valence-electron chi connectivity index (χ3n) is 4.29. The molecule has 0 radical (unpaired) electrons. The van der Waals surface area contributed by atoms with E-state index in [-0.39, 0.29) is 5.54 Å². The van der Waals surface area contributed by atoms with Crippen LogP contribution in [0.2, 0.25) is 0 Å². The van der Waals surface area contributed by atoms with Gasteiger partial charge in [-0.05, 0) is 32.2 Å². The van der Waals surface area contributed by atoms with E-state index >= 15 is 0 Å². The largest absolute Gasteiger partial charge is 0.383 e. The third-order valence-corrected chi connectivity index (χ3v) is 4.29. The van der Waals surface area contributed by atoms with E-state index < -0.39 is 18.8 Å². The number of nitrogens with zero attached hydrogens (tertiary/aromatic N) is 1. The summed E-state index contributed by atoms with van der Waals surface area (Å²) in [6.45, 7) is 1.55. The van der Waals surface area contributed by atoms with Crippen LogP contribution in [-0.2, 0) is 4.74 Å². The van der Waals surface area contributed by atoms with Crippen molar-refractivity contribution in [3.05, 3.63) is 0 Å². The molecule has 2 aliphatic heterocycles. The number of hydrogen-bond donors (Lipinski definition) is 0. The van der Waals surface area contributed by atoms with Gasteiger partial charge < -0.3 is 4.74 Å². The van der Waals surface area contributed by atoms with Crippen LogP contribution in [0.3, 0.4) is 0 Å². The topological polar surface area (TPSA) is 12.5 Å². The highest BCUT2D eigenvalue weighted by molar-refractivity contribution is 5.08. The number of fused-ring (bicyclic) bond motifs is 1. The first-order chi connectivity index (χ1) is 7.70. The molecular formula is C12H21F2NO. The molecule has 0 bridgehead atoms. The maximum absolute atomic E-state index is 13.2. The lowest BCUT2D eigenvalue weighted by atomic mass is 9.78. The van der Waals surface area contributed by atoms with E-state index in [2.05, 4.69) is 4.90 Å². The third kappa shape index (κ3) is 1.86. The summed E-state index contributed by atoms with van der Waals surface area (Å²) in [6, 6.07) is 0. The van der Waals surface area contributed by atoms with Gasteiger partial charge in [0.25, 0.3) is 0 Å². The highest BCUT2D eigenvalue weighted by Crippen LogP contribution is 2.49. The van der Waals surface area contributed by atoms with E-state index in [0.29, 0.717) is 19.6 Å². The van der Waals surface area contributed by atoms with E-state index in [1.54, 1.807) is 7.11 Å². The molecule has 16 heavy (non-hydrogen) atoms. The van der Waals surface area contributed by atoms with Crippen molar-refractivity contribution >= 4 is 0 Å². The molecule has 2 rings (SSSR count). The quantitative estimate of drug-likeness (QED) is 0.721. The summed E-state index contributed by atoms with van der Waals surface area (Å²) in [5, 5.41) is 0. The minimum atomic E-state index is -0.451. The van der Waals surface area contributed by atoms with Crippen molar-refractivity contribution in [2.75, 3.05) is 40.2 Å². The van der Waals surface area contributed by atoms with Crippen molar-refractivity contribution in [1.82, 2.24) is 4.90 Å². The highest BCUT2D eigenvalue weighted by Gasteiger charge is 2.54. The minimum Gasteiger partial charge on any atom is -0.383 e. The van der Waals surface area contributed by atoms with Crippen LogP contribution in [0.15, 0.2) is 0 Å². The van der Waals surface area contributed by atoms with Crippen LogP contribution in [0.25, 0.3) is 0 Å². The molecule has 2 fully saturated rings. The second kappa shape index (κ2) is 4.57. The summed E-state index contributed by atoms with van der Waals surface area (Å²) in [5.74, 6) is 0. The number of alkyl halides is 2. The number of rotatable bonds is 5. The SMILES string of the molecule is COCC12CCCN1CC(CF)(CCF)C2. The van der Waals surface area contributed by atoms with Crippen LogP contribution in [0.4, 0.5) is 8.78 Å². The van der Waals surface area contributed by atoms with Gasteiger partial charge in [-0.25, -0.2) is 0 Å². The molecule has 4 heteroatoms. The lowest BCUT2D eigenvalue weighted by Gasteiger charge is -2.31. The predicted molar refractivity (Wildman–Crippen MR) is 59.0 cm³/mol. The molecule has 0 aromatic carbocycles. The predicted octanol–water partition coefficient (Wildman–Crippen LogP) is 2.19. The van der Waals surface area contributed by atoms with Crippen molar-refractivity contribution < 1.29 is 13.5 Å². The van der Waals surface area contributed by atoms with Crippen molar-refractivity contribution in [2.45, 2.75) is 31.2 Å². The van der Waals surface area contributed by atoms with E-state index in [1.165, 1.54) is 0 Å². The smallest absolute Gasteiger partial charge is 0.0964 e. The van der Waals surface area contributed by atoms with Crippen LogP contribution in [-0.4, -0.2) is 50.6 Å². The van der Waals surface area contributed by atoms with E-state index in [4.69, 9.17) is 4.74 Å². The Balaban J connectivity index is 2.13. The molecule has 0 spiro atoms. The summed E-state index contributed by atoms with van der Waals surface area (Å²) >= 11 is 0. The molecule has 0 aromatic heterocycles. The Morgan fingerprint density at radius 2 is 2.19 bits per heavy atom. The van der Waals surface area contributed by atoms with Crippen LogP contribution >= 0.6 is 0 Å². The number of hydrogen-bond acceptors (Lipinski definition) is 2. The zero-order valence-electron chi connectivity index (χ0n) is 9.98. The fourth-order valence-electron chi connectivity index (χ4n) is 3.61. The van der Waals surface area contributed by atoms with Gasteiger partial charge in [0, 0.05) is 24.6 Å². The monoisotopic (exact) mass is 233 g/mol.